The van der Waals surface area contributed by atoms with E-state index in [2.05, 4.69) is 58.7 Å². The molecule has 0 aliphatic carbocycles. The highest BCUT2D eigenvalue weighted by atomic mass is 32.1. The lowest BCUT2D eigenvalue weighted by molar-refractivity contribution is -0.122. The standard InChI is InChI=1S/C21H26N4OS/c1-13-6-8-15(9-7-13)17-14(2)27-20-18(17)19(23-12-24-20)22-11-10-16(26)25-21(3,4)5/h6-9,12H,10-11H2,1-5H3,(H,25,26)(H,22,23,24). The van der Waals surface area contributed by atoms with Crippen molar-refractivity contribution in [3.63, 3.8) is 0 Å². The molecule has 5 nitrogen and oxygen atoms in total. The largest absolute Gasteiger partial charge is 0.369 e. The summed E-state index contributed by atoms with van der Waals surface area (Å²) in [5.41, 5.74) is 3.34. The summed E-state index contributed by atoms with van der Waals surface area (Å²) in [5, 5.41) is 7.34. The van der Waals surface area contributed by atoms with Crippen LogP contribution in [0.4, 0.5) is 5.82 Å². The SMILES string of the molecule is Cc1ccc(-c2c(C)sc3ncnc(NCCC(=O)NC(C)(C)C)c23)cc1. The number of hydrogen-bond acceptors (Lipinski definition) is 5. The van der Waals surface area contributed by atoms with Crippen molar-refractivity contribution in [2.24, 2.45) is 0 Å². The quantitative estimate of drug-likeness (QED) is 0.672. The van der Waals surface area contributed by atoms with Gasteiger partial charge in [0.25, 0.3) is 0 Å². The topological polar surface area (TPSA) is 66.9 Å². The lowest BCUT2D eigenvalue weighted by Crippen LogP contribution is -2.41. The van der Waals surface area contributed by atoms with E-state index in [1.165, 1.54) is 10.4 Å². The molecule has 142 valence electrons. The number of nitrogens with one attached hydrogen (secondary N) is 2. The van der Waals surface area contributed by atoms with Crippen LogP contribution < -0.4 is 10.6 Å². The van der Waals surface area contributed by atoms with Gasteiger partial charge in [-0.3, -0.25) is 4.79 Å². The van der Waals surface area contributed by atoms with E-state index in [4.69, 9.17) is 0 Å². The Morgan fingerprint density at radius 2 is 1.81 bits per heavy atom. The second-order valence-electron chi connectivity index (χ2n) is 7.78. The third-order valence-corrected chi connectivity index (χ3v) is 5.18. The van der Waals surface area contributed by atoms with Gasteiger partial charge in [0.2, 0.25) is 5.91 Å². The molecule has 0 aliphatic heterocycles. The summed E-state index contributed by atoms with van der Waals surface area (Å²) in [6.07, 6.45) is 1.97. The first kappa shape index (κ1) is 19.3. The number of fused-ring (bicyclic) bond motifs is 1. The summed E-state index contributed by atoms with van der Waals surface area (Å²) in [4.78, 5) is 23.1. The number of hydrogen-bond donors (Lipinski definition) is 2. The Morgan fingerprint density at radius 3 is 2.48 bits per heavy atom. The number of amides is 1. The normalized spacial score (nSPS) is 11.6. The zero-order chi connectivity index (χ0) is 19.6. The second kappa shape index (κ2) is 7.64. The maximum atomic E-state index is 12.1. The van der Waals surface area contributed by atoms with E-state index in [9.17, 15) is 4.79 Å². The average molecular weight is 383 g/mol. The molecule has 1 amide bonds. The maximum Gasteiger partial charge on any atom is 0.222 e. The summed E-state index contributed by atoms with van der Waals surface area (Å²) in [6.45, 7) is 10.7. The minimum atomic E-state index is -0.220. The molecule has 0 saturated heterocycles. The van der Waals surface area contributed by atoms with Crippen LogP contribution in [-0.2, 0) is 4.79 Å². The monoisotopic (exact) mass is 382 g/mol. The number of rotatable bonds is 5. The Kier molecular flexibility index (Phi) is 5.46. The second-order valence-corrected chi connectivity index (χ2v) is 8.98. The fourth-order valence-electron chi connectivity index (χ4n) is 3.02. The van der Waals surface area contributed by atoms with Gasteiger partial charge in [0, 0.05) is 28.9 Å². The predicted octanol–water partition coefficient (Wildman–Crippen LogP) is 4.69. The summed E-state index contributed by atoms with van der Waals surface area (Å²) in [6, 6.07) is 8.51. The van der Waals surface area contributed by atoms with Crippen molar-refractivity contribution in [2.45, 2.75) is 46.6 Å². The number of carbonyl (C=O) groups excluding carboxylic acids is 1. The van der Waals surface area contributed by atoms with Gasteiger partial charge in [0.1, 0.15) is 17.0 Å². The molecule has 0 atom stereocenters. The number of anilines is 1. The van der Waals surface area contributed by atoms with Gasteiger partial charge < -0.3 is 10.6 Å². The Morgan fingerprint density at radius 1 is 1.11 bits per heavy atom. The predicted molar refractivity (Wildman–Crippen MR) is 113 cm³/mol. The van der Waals surface area contributed by atoms with E-state index >= 15 is 0 Å². The highest BCUT2D eigenvalue weighted by Gasteiger charge is 2.17. The molecule has 2 heterocycles. The van der Waals surface area contributed by atoms with Gasteiger partial charge in [-0.2, -0.15) is 0 Å². The smallest absolute Gasteiger partial charge is 0.222 e. The summed E-state index contributed by atoms with van der Waals surface area (Å²) < 4.78 is 0. The highest BCUT2D eigenvalue weighted by molar-refractivity contribution is 7.19. The summed E-state index contributed by atoms with van der Waals surface area (Å²) in [5.74, 6) is 0.809. The first-order valence-corrected chi connectivity index (χ1v) is 9.92. The molecule has 6 heteroatoms. The summed E-state index contributed by atoms with van der Waals surface area (Å²) >= 11 is 1.67. The lowest BCUT2D eigenvalue weighted by atomic mass is 10.0. The Hall–Kier alpha value is -2.47. The van der Waals surface area contributed by atoms with Gasteiger partial charge in [-0.15, -0.1) is 11.3 Å². The third-order valence-electron chi connectivity index (χ3n) is 4.16. The first-order chi connectivity index (χ1) is 12.7. The number of aromatic nitrogens is 2. The molecular weight excluding hydrogens is 356 g/mol. The van der Waals surface area contributed by atoms with Crippen LogP contribution in [-0.4, -0.2) is 28.0 Å². The van der Waals surface area contributed by atoms with Crippen LogP contribution in [0.3, 0.4) is 0 Å². The molecule has 0 spiro atoms. The Labute approximate surface area is 164 Å². The van der Waals surface area contributed by atoms with Gasteiger partial charge in [0.15, 0.2) is 0 Å². The van der Waals surface area contributed by atoms with Gasteiger partial charge in [-0.1, -0.05) is 29.8 Å². The third kappa shape index (κ3) is 4.63. The summed E-state index contributed by atoms with van der Waals surface area (Å²) in [7, 11) is 0. The van der Waals surface area contributed by atoms with Crippen molar-refractivity contribution in [1.82, 2.24) is 15.3 Å². The van der Waals surface area contributed by atoms with E-state index in [-0.39, 0.29) is 11.4 Å². The first-order valence-electron chi connectivity index (χ1n) is 9.10. The Balaban J connectivity index is 1.86. The van der Waals surface area contributed by atoms with E-state index in [0.717, 1.165) is 27.2 Å². The van der Waals surface area contributed by atoms with Crippen molar-refractivity contribution in [3.8, 4) is 11.1 Å². The maximum absolute atomic E-state index is 12.1. The zero-order valence-corrected chi connectivity index (χ0v) is 17.3. The van der Waals surface area contributed by atoms with Gasteiger partial charge in [-0.05, 0) is 40.2 Å². The molecule has 0 fully saturated rings. The molecule has 0 bridgehead atoms. The average Bonchev–Trinajstić information content (AvgIpc) is 2.91. The van der Waals surface area contributed by atoms with E-state index in [1.807, 2.05) is 20.8 Å². The number of nitrogens with zero attached hydrogens (tertiary/aromatic N) is 2. The fraction of sp³-hybridized carbons (Fsp3) is 0.381. The van der Waals surface area contributed by atoms with Gasteiger partial charge >= 0.3 is 0 Å². The van der Waals surface area contributed by atoms with Crippen LogP contribution in [0.1, 0.15) is 37.6 Å². The fourth-order valence-corrected chi connectivity index (χ4v) is 4.03. The molecule has 27 heavy (non-hydrogen) atoms. The zero-order valence-electron chi connectivity index (χ0n) is 16.5. The van der Waals surface area contributed by atoms with Crippen LogP contribution in [0, 0.1) is 13.8 Å². The van der Waals surface area contributed by atoms with E-state index in [1.54, 1.807) is 17.7 Å². The van der Waals surface area contributed by atoms with E-state index in [0.29, 0.717) is 13.0 Å². The van der Waals surface area contributed by atoms with Crippen LogP contribution in [0.5, 0.6) is 0 Å². The van der Waals surface area contributed by atoms with Crippen LogP contribution >= 0.6 is 11.3 Å². The van der Waals surface area contributed by atoms with Crippen LogP contribution in [0.2, 0.25) is 0 Å². The molecule has 0 saturated carbocycles. The Bertz CT molecular complexity index is 955. The van der Waals surface area contributed by atoms with Crippen LogP contribution in [0.25, 0.3) is 21.3 Å². The minimum absolute atomic E-state index is 0.0283. The van der Waals surface area contributed by atoms with Gasteiger partial charge in [0.05, 0.1) is 5.39 Å². The molecule has 2 aromatic heterocycles. The van der Waals surface area contributed by atoms with Crippen molar-refractivity contribution < 1.29 is 4.79 Å². The number of carbonyl (C=O) groups is 1. The van der Waals surface area contributed by atoms with Crippen molar-refractivity contribution in [3.05, 3.63) is 41.0 Å². The number of benzene rings is 1. The number of aryl methyl sites for hydroxylation is 2. The van der Waals surface area contributed by atoms with Crippen molar-refractivity contribution in [2.75, 3.05) is 11.9 Å². The molecule has 3 rings (SSSR count). The lowest BCUT2D eigenvalue weighted by Gasteiger charge is -2.20. The minimum Gasteiger partial charge on any atom is -0.369 e. The molecule has 0 radical (unpaired) electrons. The molecule has 1 aromatic carbocycles. The molecule has 0 aliphatic rings. The molecule has 3 aromatic rings. The number of thiophene rings is 1. The molecule has 2 N–H and O–H groups in total. The molecule has 0 unspecified atom stereocenters. The molecular formula is C21H26N4OS. The van der Waals surface area contributed by atoms with Crippen LogP contribution in [0.15, 0.2) is 30.6 Å². The van der Waals surface area contributed by atoms with E-state index < -0.39 is 0 Å². The van der Waals surface area contributed by atoms with Crippen molar-refractivity contribution >= 4 is 33.3 Å². The van der Waals surface area contributed by atoms with Gasteiger partial charge in [-0.25, -0.2) is 9.97 Å². The van der Waals surface area contributed by atoms with Crippen molar-refractivity contribution in [1.29, 1.82) is 0 Å². The highest BCUT2D eigenvalue weighted by Crippen LogP contribution is 2.40.